The van der Waals surface area contributed by atoms with Crippen molar-refractivity contribution in [3.63, 3.8) is 0 Å². The molecular formula is C18H22FN3O2. The fourth-order valence-electron chi connectivity index (χ4n) is 3.65. The zero-order valence-corrected chi connectivity index (χ0v) is 13.7. The Hall–Kier alpha value is -1.79. The highest BCUT2D eigenvalue weighted by Crippen LogP contribution is 2.28. The lowest BCUT2D eigenvalue weighted by molar-refractivity contribution is 0.0609. The van der Waals surface area contributed by atoms with Gasteiger partial charge in [-0.2, -0.15) is 4.98 Å². The number of likely N-dealkylation sites (tertiary alicyclic amines) is 1. The topological polar surface area (TPSA) is 51.4 Å². The van der Waals surface area contributed by atoms with Crippen LogP contribution in [0.15, 0.2) is 28.8 Å². The molecule has 24 heavy (non-hydrogen) atoms. The molecule has 0 unspecified atom stereocenters. The average Bonchev–Trinajstić information content (AvgIpc) is 3.27. The molecule has 1 aromatic heterocycles. The highest BCUT2D eigenvalue weighted by molar-refractivity contribution is 5.53. The number of hydrogen-bond acceptors (Lipinski definition) is 5. The Labute approximate surface area is 140 Å². The third kappa shape index (κ3) is 3.49. The highest BCUT2D eigenvalue weighted by Gasteiger charge is 2.28. The van der Waals surface area contributed by atoms with E-state index >= 15 is 0 Å². The van der Waals surface area contributed by atoms with Crippen LogP contribution in [0.25, 0.3) is 11.4 Å². The van der Waals surface area contributed by atoms with Crippen molar-refractivity contribution < 1.29 is 13.7 Å². The van der Waals surface area contributed by atoms with Crippen molar-refractivity contribution in [1.29, 1.82) is 0 Å². The Morgan fingerprint density at radius 3 is 3.04 bits per heavy atom. The molecule has 2 atom stereocenters. The van der Waals surface area contributed by atoms with Gasteiger partial charge in [0.25, 0.3) is 0 Å². The summed E-state index contributed by atoms with van der Waals surface area (Å²) >= 11 is 0. The fraction of sp³-hybridized carbons (Fsp3) is 0.556. The largest absolute Gasteiger partial charge is 0.377 e. The molecule has 0 radical (unpaired) electrons. The minimum absolute atomic E-state index is 0.245. The van der Waals surface area contributed by atoms with Crippen molar-refractivity contribution in [3.05, 3.63) is 36.0 Å². The molecule has 0 spiro atoms. The molecule has 0 N–H and O–H groups in total. The molecule has 5 nitrogen and oxygen atoms in total. The van der Waals surface area contributed by atoms with Gasteiger partial charge in [0.2, 0.25) is 11.7 Å². The molecule has 2 aromatic rings. The predicted octanol–water partition coefficient (Wildman–Crippen LogP) is 3.23. The Kier molecular flexibility index (Phi) is 4.58. The predicted molar refractivity (Wildman–Crippen MR) is 87.1 cm³/mol. The van der Waals surface area contributed by atoms with E-state index in [9.17, 15) is 4.39 Å². The van der Waals surface area contributed by atoms with E-state index < -0.39 is 0 Å². The van der Waals surface area contributed by atoms with Gasteiger partial charge in [-0.1, -0.05) is 17.3 Å². The van der Waals surface area contributed by atoms with Crippen LogP contribution in [0.3, 0.4) is 0 Å². The number of rotatable bonds is 4. The first-order valence-corrected chi connectivity index (χ1v) is 8.71. The second-order valence-electron chi connectivity index (χ2n) is 6.70. The van der Waals surface area contributed by atoms with Crippen molar-refractivity contribution in [2.24, 2.45) is 0 Å². The van der Waals surface area contributed by atoms with Crippen LogP contribution in [0.4, 0.5) is 4.39 Å². The summed E-state index contributed by atoms with van der Waals surface area (Å²) in [6, 6.07) is 6.29. The molecule has 0 aliphatic carbocycles. The van der Waals surface area contributed by atoms with Gasteiger partial charge in [0, 0.05) is 25.3 Å². The molecule has 128 valence electrons. The third-order valence-corrected chi connectivity index (χ3v) is 4.87. The molecular weight excluding hydrogens is 309 g/mol. The van der Waals surface area contributed by atoms with Gasteiger partial charge < -0.3 is 9.26 Å². The molecule has 3 heterocycles. The van der Waals surface area contributed by atoms with Crippen molar-refractivity contribution in [1.82, 2.24) is 15.0 Å². The number of ether oxygens (including phenoxy) is 1. The monoisotopic (exact) mass is 331 g/mol. The van der Waals surface area contributed by atoms with Gasteiger partial charge in [-0.25, -0.2) is 4.39 Å². The van der Waals surface area contributed by atoms with Gasteiger partial charge in [0.1, 0.15) is 5.82 Å². The molecule has 2 aliphatic rings. The van der Waals surface area contributed by atoms with Crippen LogP contribution in [-0.4, -0.2) is 47.4 Å². The summed E-state index contributed by atoms with van der Waals surface area (Å²) in [7, 11) is 0. The summed E-state index contributed by atoms with van der Waals surface area (Å²) in [5, 5.41) is 4.04. The van der Waals surface area contributed by atoms with Crippen LogP contribution >= 0.6 is 0 Å². The van der Waals surface area contributed by atoms with Gasteiger partial charge in [-0.05, 0) is 44.4 Å². The standard InChI is InChI=1S/C18H22FN3O2/c19-15-6-1-4-13(10-15)17-20-18(24-21-17)14-5-2-8-22(11-14)12-16-7-3-9-23-16/h1,4,6,10,14,16H,2-3,5,7-9,11-12H2/t14-,16-/m0/s1. The van der Waals surface area contributed by atoms with Crippen molar-refractivity contribution in [2.75, 3.05) is 26.2 Å². The van der Waals surface area contributed by atoms with E-state index in [0.717, 1.165) is 45.5 Å². The van der Waals surface area contributed by atoms with E-state index in [-0.39, 0.29) is 11.7 Å². The lowest BCUT2D eigenvalue weighted by Crippen LogP contribution is -2.39. The number of piperidine rings is 1. The second kappa shape index (κ2) is 6.99. The number of hydrogen-bond donors (Lipinski definition) is 0. The van der Waals surface area contributed by atoms with Crippen LogP contribution < -0.4 is 0 Å². The number of aromatic nitrogens is 2. The summed E-state index contributed by atoms with van der Waals surface area (Å²) in [5.74, 6) is 1.07. The number of halogens is 1. The maximum atomic E-state index is 13.4. The Morgan fingerprint density at radius 2 is 2.21 bits per heavy atom. The van der Waals surface area contributed by atoms with E-state index in [1.165, 1.54) is 18.6 Å². The molecule has 0 amide bonds. The third-order valence-electron chi connectivity index (χ3n) is 4.87. The first-order chi connectivity index (χ1) is 11.8. The minimum Gasteiger partial charge on any atom is -0.377 e. The van der Waals surface area contributed by atoms with Gasteiger partial charge in [-0.3, -0.25) is 4.90 Å². The fourth-order valence-corrected chi connectivity index (χ4v) is 3.65. The maximum Gasteiger partial charge on any atom is 0.231 e. The van der Waals surface area contributed by atoms with Crippen LogP contribution in [-0.2, 0) is 4.74 Å². The van der Waals surface area contributed by atoms with E-state index in [1.807, 2.05) is 0 Å². The summed E-state index contributed by atoms with van der Waals surface area (Å²) in [6.45, 7) is 3.90. The second-order valence-corrected chi connectivity index (χ2v) is 6.70. The van der Waals surface area contributed by atoms with Gasteiger partial charge in [0.05, 0.1) is 12.0 Å². The Morgan fingerprint density at radius 1 is 1.25 bits per heavy atom. The molecule has 2 fully saturated rings. The normalized spacial score (nSPS) is 25.2. The Bertz CT molecular complexity index is 684. The van der Waals surface area contributed by atoms with E-state index in [1.54, 1.807) is 12.1 Å². The van der Waals surface area contributed by atoms with Crippen LogP contribution in [0.1, 0.15) is 37.5 Å². The van der Waals surface area contributed by atoms with E-state index in [2.05, 4.69) is 15.0 Å². The van der Waals surface area contributed by atoms with Gasteiger partial charge in [0.15, 0.2) is 0 Å². The summed E-state index contributed by atoms with van der Waals surface area (Å²) in [6.07, 6.45) is 4.87. The summed E-state index contributed by atoms with van der Waals surface area (Å²) in [5.41, 5.74) is 0.650. The highest BCUT2D eigenvalue weighted by atomic mass is 19.1. The number of nitrogens with zero attached hydrogens (tertiary/aromatic N) is 3. The van der Waals surface area contributed by atoms with E-state index in [4.69, 9.17) is 9.26 Å². The van der Waals surface area contributed by atoms with Crippen molar-refractivity contribution in [2.45, 2.75) is 37.7 Å². The van der Waals surface area contributed by atoms with Gasteiger partial charge in [-0.15, -0.1) is 0 Å². The molecule has 6 heteroatoms. The first-order valence-electron chi connectivity index (χ1n) is 8.71. The summed E-state index contributed by atoms with van der Waals surface area (Å²) in [4.78, 5) is 6.95. The molecule has 2 aliphatic heterocycles. The molecule has 0 bridgehead atoms. The molecule has 0 saturated carbocycles. The van der Waals surface area contributed by atoms with Crippen LogP contribution in [0.5, 0.6) is 0 Å². The minimum atomic E-state index is -0.292. The Balaban J connectivity index is 1.43. The molecule has 2 saturated heterocycles. The van der Waals surface area contributed by atoms with Crippen LogP contribution in [0.2, 0.25) is 0 Å². The van der Waals surface area contributed by atoms with E-state index in [0.29, 0.717) is 23.4 Å². The smallest absolute Gasteiger partial charge is 0.231 e. The maximum absolute atomic E-state index is 13.4. The van der Waals surface area contributed by atoms with Crippen molar-refractivity contribution in [3.8, 4) is 11.4 Å². The van der Waals surface area contributed by atoms with Crippen LogP contribution in [0, 0.1) is 5.82 Å². The first kappa shape index (κ1) is 15.7. The zero-order valence-electron chi connectivity index (χ0n) is 13.7. The van der Waals surface area contributed by atoms with Gasteiger partial charge >= 0.3 is 0 Å². The quantitative estimate of drug-likeness (QED) is 0.861. The number of benzene rings is 1. The van der Waals surface area contributed by atoms with Crippen molar-refractivity contribution >= 4 is 0 Å². The molecule has 1 aromatic carbocycles. The average molecular weight is 331 g/mol. The molecule has 4 rings (SSSR count). The SMILES string of the molecule is Fc1cccc(-c2noc([C@H]3CCCN(C[C@@H]4CCCO4)C3)n2)c1. The zero-order chi connectivity index (χ0) is 16.4. The lowest BCUT2D eigenvalue weighted by Gasteiger charge is -2.32. The lowest BCUT2D eigenvalue weighted by atomic mass is 9.97. The summed E-state index contributed by atoms with van der Waals surface area (Å²) < 4.78 is 24.6.